The Balaban J connectivity index is 1.39. The van der Waals surface area contributed by atoms with Crippen molar-refractivity contribution in [1.82, 2.24) is 24.8 Å². The van der Waals surface area contributed by atoms with Crippen LogP contribution in [-0.4, -0.2) is 64.9 Å². The quantitative estimate of drug-likeness (QED) is 0.568. The SMILES string of the molecule is O=C(c1c([C@@H]2CNCCO2)nn2c(=O)cc(-c3ccc(C4CCCCC4)cc3)[nH]c12)N1CC(CF)C1. The third-order valence-corrected chi connectivity index (χ3v) is 7.85. The Morgan fingerprint density at radius 3 is 2.61 bits per heavy atom. The standard InChI is InChI=1S/C27H32FN5O3/c28-13-17-15-32(16-17)27(35)24-25(22-14-29-10-11-36-22)31-33-23(34)12-21(30-26(24)33)20-8-6-19(7-9-20)18-4-2-1-3-5-18/h6-9,12,17-18,22,29-30H,1-5,10-11,13-16H2/t22-/m0/s1. The Labute approximate surface area is 208 Å². The summed E-state index contributed by atoms with van der Waals surface area (Å²) in [5, 5.41) is 7.80. The predicted octanol–water partition coefficient (Wildman–Crippen LogP) is 3.44. The van der Waals surface area contributed by atoms with Crippen molar-refractivity contribution in [1.29, 1.82) is 0 Å². The van der Waals surface area contributed by atoms with Crippen molar-refractivity contribution in [3.8, 4) is 11.3 Å². The van der Waals surface area contributed by atoms with E-state index in [1.807, 2.05) is 12.1 Å². The maximum atomic E-state index is 13.6. The second-order valence-electron chi connectivity index (χ2n) is 10.3. The van der Waals surface area contributed by atoms with Gasteiger partial charge in [0.1, 0.15) is 17.4 Å². The number of nitrogens with one attached hydrogen (secondary N) is 2. The smallest absolute Gasteiger partial charge is 0.274 e. The maximum Gasteiger partial charge on any atom is 0.274 e. The van der Waals surface area contributed by atoms with E-state index in [4.69, 9.17) is 4.74 Å². The van der Waals surface area contributed by atoms with Crippen LogP contribution in [0.25, 0.3) is 16.9 Å². The average Bonchev–Trinajstić information content (AvgIpc) is 3.29. The number of H-pyrrole nitrogens is 1. The minimum Gasteiger partial charge on any atom is -0.369 e. The van der Waals surface area contributed by atoms with Gasteiger partial charge in [-0.15, -0.1) is 0 Å². The lowest BCUT2D eigenvalue weighted by atomic mass is 9.84. The molecule has 1 saturated carbocycles. The second-order valence-corrected chi connectivity index (χ2v) is 10.3. The van der Waals surface area contributed by atoms with Crippen molar-refractivity contribution in [2.24, 2.45) is 5.92 Å². The Kier molecular flexibility index (Phi) is 6.35. The fourth-order valence-electron chi connectivity index (χ4n) is 5.75. The van der Waals surface area contributed by atoms with Crippen LogP contribution in [0.15, 0.2) is 35.1 Å². The average molecular weight is 494 g/mol. The molecule has 1 atom stereocenters. The van der Waals surface area contributed by atoms with Crippen molar-refractivity contribution in [3.63, 3.8) is 0 Å². The fourth-order valence-corrected chi connectivity index (χ4v) is 5.75. The van der Waals surface area contributed by atoms with Crippen LogP contribution in [0.1, 0.15) is 65.7 Å². The molecule has 0 unspecified atom stereocenters. The van der Waals surface area contributed by atoms with Crippen LogP contribution in [-0.2, 0) is 4.74 Å². The summed E-state index contributed by atoms with van der Waals surface area (Å²) in [5.74, 6) is 0.216. The maximum absolute atomic E-state index is 13.6. The second kappa shape index (κ2) is 9.78. The largest absolute Gasteiger partial charge is 0.369 e. The van der Waals surface area contributed by atoms with E-state index in [0.717, 1.165) is 12.1 Å². The van der Waals surface area contributed by atoms with Gasteiger partial charge in [-0.1, -0.05) is 43.5 Å². The summed E-state index contributed by atoms with van der Waals surface area (Å²) in [6, 6.07) is 9.91. The molecule has 3 aliphatic rings. The molecule has 3 fully saturated rings. The van der Waals surface area contributed by atoms with Gasteiger partial charge in [0.25, 0.3) is 11.5 Å². The highest BCUT2D eigenvalue weighted by atomic mass is 19.1. The molecule has 2 aromatic heterocycles. The Bertz CT molecular complexity index is 1300. The lowest BCUT2D eigenvalue weighted by Gasteiger charge is -2.38. The Morgan fingerprint density at radius 2 is 1.92 bits per heavy atom. The number of carbonyl (C=O) groups excluding carboxylic acids is 1. The number of amides is 1. The molecule has 2 N–H and O–H groups in total. The fraction of sp³-hybridized carbons (Fsp3) is 0.519. The number of morpholine rings is 1. The van der Waals surface area contributed by atoms with Gasteiger partial charge in [0, 0.05) is 38.2 Å². The lowest BCUT2D eigenvalue weighted by Crippen LogP contribution is -2.51. The van der Waals surface area contributed by atoms with Gasteiger partial charge < -0.3 is 19.9 Å². The highest BCUT2D eigenvalue weighted by molar-refractivity contribution is 6.01. The van der Waals surface area contributed by atoms with Gasteiger partial charge in [0.15, 0.2) is 5.65 Å². The zero-order chi connectivity index (χ0) is 24.6. The minimum atomic E-state index is -0.446. The Hall–Kier alpha value is -3.04. The van der Waals surface area contributed by atoms with Gasteiger partial charge in [-0.25, -0.2) is 0 Å². The first-order chi connectivity index (χ1) is 17.6. The van der Waals surface area contributed by atoms with Gasteiger partial charge in [-0.05, 0) is 29.9 Å². The number of carbonyl (C=O) groups is 1. The molecule has 36 heavy (non-hydrogen) atoms. The number of fused-ring (bicyclic) bond motifs is 1. The number of aromatic nitrogens is 3. The molecule has 9 heteroatoms. The molecule has 1 aromatic carbocycles. The highest BCUT2D eigenvalue weighted by Gasteiger charge is 2.37. The van der Waals surface area contributed by atoms with Crippen LogP contribution in [0, 0.1) is 5.92 Å². The number of hydrogen-bond acceptors (Lipinski definition) is 5. The molecule has 190 valence electrons. The van der Waals surface area contributed by atoms with Crippen molar-refractivity contribution in [2.45, 2.75) is 44.1 Å². The molecular formula is C27H32FN5O3. The van der Waals surface area contributed by atoms with Gasteiger partial charge >= 0.3 is 0 Å². The first kappa shape index (κ1) is 23.4. The number of ether oxygens (including phenoxy) is 1. The van der Waals surface area contributed by atoms with Crippen LogP contribution in [0.3, 0.4) is 0 Å². The van der Waals surface area contributed by atoms with E-state index in [0.29, 0.717) is 54.8 Å². The van der Waals surface area contributed by atoms with E-state index < -0.39 is 12.8 Å². The van der Waals surface area contributed by atoms with Gasteiger partial charge in [0.2, 0.25) is 0 Å². The summed E-state index contributed by atoms with van der Waals surface area (Å²) in [6.07, 6.45) is 5.88. The van der Waals surface area contributed by atoms with Crippen molar-refractivity contribution >= 4 is 11.6 Å². The number of hydrogen-bond donors (Lipinski definition) is 2. The number of alkyl halides is 1. The van der Waals surface area contributed by atoms with E-state index in [-0.39, 0.29) is 17.4 Å². The summed E-state index contributed by atoms with van der Waals surface area (Å²) in [5.41, 5.74) is 3.67. The van der Waals surface area contributed by atoms with E-state index in [2.05, 4.69) is 27.5 Å². The number of rotatable bonds is 5. The monoisotopic (exact) mass is 493 g/mol. The van der Waals surface area contributed by atoms with Gasteiger partial charge in [-0.3, -0.25) is 14.0 Å². The van der Waals surface area contributed by atoms with E-state index in [1.165, 1.54) is 48.2 Å². The van der Waals surface area contributed by atoms with E-state index in [9.17, 15) is 14.0 Å². The summed E-state index contributed by atoms with van der Waals surface area (Å²) in [6.45, 7) is 1.99. The molecule has 1 aliphatic carbocycles. The summed E-state index contributed by atoms with van der Waals surface area (Å²) < 4.78 is 20.2. The molecule has 4 heterocycles. The number of nitrogens with zero attached hydrogens (tertiary/aromatic N) is 3. The first-order valence-corrected chi connectivity index (χ1v) is 13.1. The lowest BCUT2D eigenvalue weighted by molar-refractivity contribution is 0.0226. The normalized spacial score (nSPS) is 21.6. The van der Waals surface area contributed by atoms with Crippen molar-refractivity contribution in [2.75, 3.05) is 39.5 Å². The Morgan fingerprint density at radius 1 is 1.14 bits per heavy atom. The summed E-state index contributed by atoms with van der Waals surface area (Å²) >= 11 is 0. The predicted molar refractivity (Wildman–Crippen MR) is 134 cm³/mol. The highest BCUT2D eigenvalue weighted by Crippen LogP contribution is 2.34. The van der Waals surface area contributed by atoms with Gasteiger partial charge in [0.05, 0.1) is 19.0 Å². The third-order valence-electron chi connectivity index (χ3n) is 7.85. The number of halogens is 1. The number of aromatic amines is 1. The van der Waals surface area contributed by atoms with Crippen LogP contribution in [0.4, 0.5) is 4.39 Å². The molecule has 0 radical (unpaired) electrons. The molecule has 8 nitrogen and oxygen atoms in total. The minimum absolute atomic E-state index is 0.135. The van der Waals surface area contributed by atoms with Gasteiger partial charge in [-0.2, -0.15) is 9.61 Å². The molecular weight excluding hydrogens is 461 g/mol. The van der Waals surface area contributed by atoms with E-state index in [1.54, 1.807) is 4.90 Å². The number of benzene rings is 1. The van der Waals surface area contributed by atoms with Crippen LogP contribution < -0.4 is 10.9 Å². The van der Waals surface area contributed by atoms with E-state index >= 15 is 0 Å². The van der Waals surface area contributed by atoms with Crippen LogP contribution in [0.2, 0.25) is 0 Å². The molecule has 1 amide bonds. The van der Waals surface area contributed by atoms with Crippen LogP contribution >= 0.6 is 0 Å². The molecule has 2 saturated heterocycles. The van der Waals surface area contributed by atoms with Crippen LogP contribution in [0.5, 0.6) is 0 Å². The molecule has 6 rings (SSSR count). The topological polar surface area (TPSA) is 91.7 Å². The summed E-state index contributed by atoms with van der Waals surface area (Å²) in [7, 11) is 0. The number of likely N-dealkylation sites (tertiary alicyclic amines) is 1. The molecule has 0 bridgehead atoms. The van der Waals surface area contributed by atoms with Crippen molar-refractivity contribution < 1.29 is 13.9 Å². The first-order valence-electron chi connectivity index (χ1n) is 13.1. The zero-order valence-electron chi connectivity index (χ0n) is 20.3. The molecule has 2 aliphatic heterocycles. The zero-order valence-corrected chi connectivity index (χ0v) is 20.3. The molecule has 0 spiro atoms. The molecule has 3 aromatic rings. The van der Waals surface area contributed by atoms with Crippen molar-refractivity contribution in [3.05, 3.63) is 57.5 Å². The summed E-state index contributed by atoms with van der Waals surface area (Å²) in [4.78, 5) is 31.7. The third kappa shape index (κ3) is 4.24.